The van der Waals surface area contributed by atoms with Crippen LogP contribution in [0.1, 0.15) is 29.4 Å². The van der Waals surface area contributed by atoms with Gasteiger partial charge in [-0.15, -0.1) is 0 Å². The predicted octanol–water partition coefficient (Wildman–Crippen LogP) is 4.71. The van der Waals surface area contributed by atoms with Crippen molar-refractivity contribution >= 4 is 34.5 Å². The van der Waals surface area contributed by atoms with Crippen LogP contribution in [0.2, 0.25) is 5.02 Å². The van der Waals surface area contributed by atoms with E-state index in [0.717, 1.165) is 34.3 Å². The molecule has 1 N–H and O–H groups in total. The van der Waals surface area contributed by atoms with Gasteiger partial charge in [-0.3, -0.25) is 9.36 Å². The molecule has 0 aliphatic heterocycles. The number of halogens is 1. The van der Waals surface area contributed by atoms with Crippen LogP contribution in [0.15, 0.2) is 68.0 Å². The first-order valence-corrected chi connectivity index (χ1v) is 10.6. The maximum absolute atomic E-state index is 13.2. The number of fused-ring (bicyclic) bond motifs is 1. The zero-order valence-corrected chi connectivity index (χ0v) is 18.8. The van der Waals surface area contributed by atoms with Crippen molar-refractivity contribution in [3.8, 4) is 0 Å². The first kappa shape index (κ1) is 21.6. The summed E-state index contributed by atoms with van der Waals surface area (Å²) in [7, 11) is 1.42. The topological polar surface area (TPSA) is 84.9 Å². The van der Waals surface area contributed by atoms with Gasteiger partial charge >= 0.3 is 0 Å². The van der Waals surface area contributed by atoms with Crippen LogP contribution in [-0.4, -0.2) is 22.9 Å². The fourth-order valence-electron chi connectivity index (χ4n) is 3.54. The third kappa shape index (κ3) is 4.38. The van der Waals surface area contributed by atoms with Crippen molar-refractivity contribution in [2.24, 2.45) is 10.1 Å². The highest BCUT2D eigenvalue weighted by Gasteiger charge is 2.10. The van der Waals surface area contributed by atoms with Gasteiger partial charge in [-0.1, -0.05) is 35.8 Å². The molecule has 164 valence electrons. The van der Waals surface area contributed by atoms with Crippen molar-refractivity contribution in [3.63, 3.8) is 0 Å². The van der Waals surface area contributed by atoms with Crippen molar-refractivity contribution in [2.75, 3.05) is 7.11 Å². The summed E-state index contributed by atoms with van der Waals surface area (Å²) in [6, 6.07) is 13.1. The minimum Gasteiger partial charge on any atom is -0.461 e. The number of furan rings is 1. The van der Waals surface area contributed by atoms with Gasteiger partial charge in [0.05, 0.1) is 24.0 Å². The lowest BCUT2D eigenvalue weighted by atomic mass is 10.1. The molecule has 0 radical (unpaired) electrons. The Morgan fingerprint density at radius 1 is 1.22 bits per heavy atom. The number of hydrogen-bond acceptors (Lipinski definition) is 5. The first-order chi connectivity index (χ1) is 15.5. The van der Waals surface area contributed by atoms with Crippen LogP contribution in [0.25, 0.3) is 11.0 Å². The van der Waals surface area contributed by atoms with Crippen LogP contribution in [0, 0.1) is 6.92 Å². The van der Waals surface area contributed by atoms with Gasteiger partial charge in [0.2, 0.25) is 5.62 Å². The van der Waals surface area contributed by atoms with Crippen LogP contribution >= 0.6 is 11.6 Å². The van der Waals surface area contributed by atoms with E-state index in [2.05, 4.69) is 17.1 Å². The summed E-state index contributed by atoms with van der Waals surface area (Å²) in [5.41, 5.74) is 4.08. The molecule has 4 aromatic rings. The molecule has 0 unspecified atom stereocenters. The molecule has 0 saturated carbocycles. The normalized spacial score (nSPS) is 12.2. The van der Waals surface area contributed by atoms with E-state index < -0.39 is 0 Å². The molecular formula is C24H23ClN4O3. The minimum absolute atomic E-state index is 0.243. The van der Waals surface area contributed by atoms with Crippen molar-refractivity contribution < 1.29 is 9.25 Å². The lowest BCUT2D eigenvalue weighted by Crippen LogP contribution is -2.37. The number of aromatic amines is 1. The zero-order chi connectivity index (χ0) is 22.7. The number of rotatable bonds is 6. The highest BCUT2D eigenvalue weighted by atomic mass is 35.5. The third-order valence-corrected chi connectivity index (χ3v) is 5.48. The number of aromatic nitrogens is 2. The molecule has 0 amide bonds. The second-order valence-corrected chi connectivity index (χ2v) is 7.73. The summed E-state index contributed by atoms with van der Waals surface area (Å²) in [4.78, 5) is 25.7. The summed E-state index contributed by atoms with van der Waals surface area (Å²) in [6.45, 7) is 4.42. The van der Waals surface area contributed by atoms with Crippen molar-refractivity contribution in [2.45, 2.75) is 26.8 Å². The minimum atomic E-state index is -0.243. The highest BCUT2D eigenvalue weighted by molar-refractivity contribution is 6.30. The number of aryl methyl sites for hydroxylation is 2. The fraction of sp³-hybridized carbons (Fsp3) is 0.208. The maximum atomic E-state index is 13.2. The Morgan fingerprint density at radius 3 is 2.72 bits per heavy atom. The van der Waals surface area contributed by atoms with Crippen LogP contribution in [-0.2, 0) is 17.8 Å². The number of H-pyrrole nitrogens is 1. The van der Waals surface area contributed by atoms with Crippen LogP contribution in [0.5, 0.6) is 0 Å². The Bertz CT molecular complexity index is 1410. The Hall–Kier alpha value is -3.58. The van der Waals surface area contributed by atoms with Crippen LogP contribution in [0.4, 0.5) is 5.69 Å². The van der Waals surface area contributed by atoms with Gasteiger partial charge in [0.1, 0.15) is 18.5 Å². The van der Waals surface area contributed by atoms with Crippen molar-refractivity contribution in [3.05, 3.63) is 92.1 Å². The zero-order valence-electron chi connectivity index (χ0n) is 18.1. The monoisotopic (exact) mass is 450 g/mol. The standard InChI is InChI=1S/C24H23ClN4O3/c1-4-21-15(2)20-11-19(9-10-22(20)32-21)28-24-26-12-17(13-27-31-3)23(30)29(24)14-16-5-7-18(25)8-6-16/h5-13H,4,14H2,1-3H3,(H,26,28). The van der Waals surface area contributed by atoms with Gasteiger partial charge in [-0.2, -0.15) is 0 Å². The molecule has 0 spiro atoms. The SMILES string of the molecule is CCc1oc2ccc(/N=c3\[nH]cc(C=NOC)c(=O)n3Cc3ccc(Cl)cc3)cc2c1C. The van der Waals surface area contributed by atoms with Gasteiger partial charge in [0, 0.05) is 23.0 Å². The Balaban J connectivity index is 1.86. The molecule has 0 bridgehead atoms. The smallest absolute Gasteiger partial charge is 0.264 e. The van der Waals surface area contributed by atoms with Gasteiger partial charge in [0.25, 0.3) is 5.56 Å². The molecule has 4 rings (SSSR count). The van der Waals surface area contributed by atoms with Crippen LogP contribution in [0.3, 0.4) is 0 Å². The van der Waals surface area contributed by atoms with E-state index in [1.165, 1.54) is 13.3 Å². The highest BCUT2D eigenvalue weighted by Crippen LogP contribution is 2.29. The fourth-order valence-corrected chi connectivity index (χ4v) is 3.66. The average molecular weight is 451 g/mol. The van der Waals surface area contributed by atoms with Gasteiger partial charge < -0.3 is 14.2 Å². The Labute approximate surface area is 189 Å². The predicted molar refractivity (Wildman–Crippen MR) is 126 cm³/mol. The Kier molecular flexibility index (Phi) is 6.28. The van der Waals surface area contributed by atoms with E-state index in [0.29, 0.717) is 28.4 Å². The summed E-state index contributed by atoms with van der Waals surface area (Å²) >= 11 is 6.01. The molecule has 0 aliphatic rings. The third-order valence-electron chi connectivity index (χ3n) is 5.23. The molecule has 0 saturated heterocycles. The number of hydrogen-bond donors (Lipinski definition) is 1. The number of oxime groups is 1. The summed E-state index contributed by atoms with van der Waals surface area (Å²) in [6.07, 6.45) is 3.76. The van der Waals surface area contributed by atoms with Crippen molar-refractivity contribution in [1.82, 2.24) is 9.55 Å². The first-order valence-electron chi connectivity index (χ1n) is 10.2. The number of benzene rings is 2. The summed E-state index contributed by atoms with van der Waals surface area (Å²) in [5, 5.41) is 5.36. The molecule has 8 heteroatoms. The molecule has 0 atom stereocenters. The van der Waals surface area contributed by atoms with Crippen LogP contribution < -0.4 is 11.2 Å². The molecule has 2 heterocycles. The molecule has 32 heavy (non-hydrogen) atoms. The van der Waals surface area contributed by atoms with E-state index in [9.17, 15) is 4.79 Å². The van der Waals surface area contributed by atoms with E-state index in [1.54, 1.807) is 22.9 Å². The van der Waals surface area contributed by atoms with Gasteiger partial charge in [-0.25, -0.2) is 4.99 Å². The second kappa shape index (κ2) is 9.28. The molecular weight excluding hydrogens is 428 g/mol. The summed E-state index contributed by atoms with van der Waals surface area (Å²) in [5.74, 6) is 0.963. The van der Waals surface area contributed by atoms with E-state index in [1.807, 2.05) is 37.3 Å². The maximum Gasteiger partial charge on any atom is 0.264 e. The molecule has 7 nitrogen and oxygen atoms in total. The quantitative estimate of drug-likeness (QED) is 0.341. The Morgan fingerprint density at radius 2 is 2.00 bits per heavy atom. The van der Waals surface area contributed by atoms with Gasteiger partial charge in [0.15, 0.2) is 0 Å². The van der Waals surface area contributed by atoms with Gasteiger partial charge in [-0.05, 0) is 48.4 Å². The molecule has 2 aromatic carbocycles. The van der Waals surface area contributed by atoms with E-state index in [4.69, 9.17) is 25.8 Å². The largest absolute Gasteiger partial charge is 0.461 e. The van der Waals surface area contributed by atoms with E-state index >= 15 is 0 Å². The lowest BCUT2D eigenvalue weighted by molar-refractivity contribution is 0.215. The lowest BCUT2D eigenvalue weighted by Gasteiger charge is -2.08. The average Bonchev–Trinajstić information content (AvgIpc) is 3.12. The second-order valence-electron chi connectivity index (χ2n) is 7.30. The van der Waals surface area contributed by atoms with Crippen molar-refractivity contribution in [1.29, 1.82) is 0 Å². The number of nitrogens with one attached hydrogen (secondary N) is 1. The molecule has 0 aliphatic carbocycles. The molecule has 2 aromatic heterocycles. The van der Waals surface area contributed by atoms with E-state index in [-0.39, 0.29) is 5.56 Å². The molecule has 0 fully saturated rings. The number of nitrogens with zero attached hydrogens (tertiary/aromatic N) is 3. The summed E-state index contributed by atoms with van der Waals surface area (Å²) < 4.78 is 7.46.